The number of nitrogens with one attached hydrogen (secondary N) is 1. The van der Waals surface area contributed by atoms with Gasteiger partial charge in [-0.3, -0.25) is 0 Å². The molecule has 86 valence electrons. The van der Waals surface area contributed by atoms with Crippen molar-refractivity contribution in [3.8, 4) is 0 Å². The average molecular weight is 225 g/mol. The second-order valence-electron chi connectivity index (χ2n) is 4.70. The number of nitrogens with zero attached hydrogens (tertiary/aromatic N) is 2. The number of alkyl halides is 2. The fourth-order valence-corrected chi connectivity index (χ4v) is 2.76. The largest absolute Gasteiger partial charge is 0.364 e. The molecule has 1 aromatic heterocycles. The zero-order chi connectivity index (χ0) is 11.2. The molecular formula is C11H13F2N3. The summed E-state index contributed by atoms with van der Waals surface area (Å²) >= 11 is 0. The summed E-state index contributed by atoms with van der Waals surface area (Å²) in [5, 5.41) is 3.30. The number of aromatic nitrogens is 2. The van der Waals surface area contributed by atoms with E-state index in [-0.39, 0.29) is 11.2 Å². The number of fused-ring (bicyclic) bond motifs is 1. The Morgan fingerprint density at radius 3 is 2.94 bits per heavy atom. The first kappa shape index (κ1) is 9.93. The van der Waals surface area contributed by atoms with Gasteiger partial charge in [0.05, 0.1) is 0 Å². The molecule has 1 N–H and O–H groups in total. The van der Waals surface area contributed by atoms with Crippen LogP contribution >= 0.6 is 0 Å². The van der Waals surface area contributed by atoms with Crippen molar-refractivity contribution in [3.05, 3.63) is 18.1 Å². The molecule has 0 amide bonds. The van der Waals surface area contributed by atoms with E-state index < -0.39 is 6.43 Å². The third-order valence-corrected chi connectivity index (χ3v) is 3.70. The Balaban J connectivity index is 1.77. The van der Waals surface area contributed by atoms with Crippen molar-refractivity contribution in [2.24, 2.45) is 5.92 Å². The Morgan fingerprint density at radius 2 is 2.31 bits per heavy atom. The van der Waals surface area contributed by atoms with Gasteiger partial charge in [0.15, 0.2) is 0 Å². The Kier molecular flexibility index (Phi) is 2.09. The molecule has 1 aromatic rings. The number of hydrogen-bond donors (Lipinski definition) is 1. The lowest BCUT2D eigenvalue weighted by Gasteiger charge is -2.15. The van der Waals surface area contributed by atoms with Crippen LogP contribution in [0.15, 0.2) is 12.4 Å². The average Bonchev–Trinajstić information content (AvgIpc) is 2.80. The summed E-state index contributed by atoms with van der Waals surface area (Å²) < 4.78 is 24.9. The van der Waals surface area contributed by atoms with E-state index in [2.05, 4.69) is 15.3 Å². The summed E-state index contributed by atoms with van der Waals surface area (Å²) in [7, 11) is 0. The molecule has 2 aliphatic rings. The van der Waals surface area contributed by atoms with Crippen molar-refractivity contribution in [2.75, 3.05) is 5.32 Å². The normalized spacial score (nSPS) is 31.6. The van der Waals surface area contributed by atoms with Crippen LogP contribution in [0.3, 0.4) is 0 Å². The molecule has 0 aliphatic heterocycles. The molecule has 2 fully saturated rings. The van der Waals surface area contributed by atoms with Crippen molar-refractivity contribution in [1.82, 2.24) is 9.97 Å². The van der Waals surface area contributed by atoms with Crippen LogP contribution in [0, 0.1) is 5.92 Å². The van der Waals surface area contributed by atoms with Gasteiger partial charge in [-0.1, -0.05) is 6.42 Å². The highest BCUT2D eigenvalue weighted by Crippen LogP contribution is 2.57. The lowest BCUT2D eigenvalue weighted by Crippen LogP contribution is -2.21. The monoisotopic (exact) mass is 225 g/mol. The minimum atomic E-state index is -2.53. The Bertz CT molecular complexity index is 410. The Morgan fingerprint density at radius 1 is 1.44 bits per heavy atom. The molecule has 2 aliphatic carbocycles. The number of hydrogen-bond acceptors (Lipinski definition) is 3. The predicted octanol–water partition coefficient (Wildman–Crippen LogP) is 2.77. The van der Waals surface area contributed by atoms with Gasteiger partial charge < -0.3 is 5.32 Å². The second-order valence-corrected chi connectivity index (χ2v) is 4.70. The highest BCUT2D eigenvalue weighted by atomic mass is 19.3. The second kappa shape index (κ2) is 3.37. The summed E-state index contributed by atoms with van der Waals surface area (Å²) in [6.45, 7) is 0. The van der Waals surface area contributed by atoms with E-state index in [4.69, 9.17) is 0 Å². The van der Waals surface area contributed by atoms with Crippen LogP contribution in [0.2, 0.25) is 0 Å². The minimum absolute atomic E-state index is 0.160. The van der Waals surface area contributed by atoms with Gasteiger partial charge in [0.25, 0.3) is 6.43 Å². The van der Waals surface area contributed by atoms with Crippen LogP contribution < -0.4 is 5.32 Å². The first-order valence-corrected chi connectivity index (χ1v) is 5.58. The van der Waals surface area contributed by atoms with E-state index in [1.807, 2.05) is 0 Å². The molecule has 5 heteroatoms. The SMILES string of the molecule is FC(F)c1cc(N[C@@]23CCC[C@@H]2C3)ncn1. The first-order valence-electron chi connectivity index (χ1n) is 5.58. The molecule has 0 bridgehead atoms. The first-order chi connectivity index (χ1) is 7.70. The van der Waals surface area contributed by atoms with Crippen molar-refractivity contribution >= 4 is 5.82 Å². The van der Waals surface area contributed by atoms with E-state index >= 15 is 0 Å². The number of rotatable bonds is 3. The van der Waals surface area contributed by atoms with Gasteiger partial charge in [0, 0.05) is 11.6 Å². The maximum absolute atomic E-state index is 12.4. The molecule has 3 nitrogen and oxygen atoms in total. The van der Waals surface area contributed by atoms with E-state index in [9.17, 15) is 8.78 Å². The van der Waals surface area contributed by atoms with Crippen molar-refractivity contribution in [3.63, 3.8) is 0 Å². The molecular weight excluding hydrogens is 212 g/mol. The van der Waals surface area contributed by atoms with Gasteiger partial charge in [0.1, 0.15) is 17.8 Å². The van der Waals surface area contributed by atoms with Gasteiger partial charge in [0.2, 0.25) is 0 Å². The third kappa shape index (κ3) is 1.54. The lowest BCUT2D eigenvalue weighted by molar-refractivity contribution is 0.146. The van der Waals surface area contributed by atoms with E-state index in [1.54, 1.807) is 0 Å². The van der Waals surface area contributed by atoms with Crippen LogP contribution in [0.1, 0.15) is 37.8 Å². The van der Waals surface area contributed by atoms with Crippen LogP contribution in [0.5, 0.6) is 0 Å². The molecule has 2 atom stereocenters. The molecule has 0 unspecified atom stereocenters. The van der Waals surface area contributed by atoms with Crippen molar-refractivity contribution in [2.45, 2.75) is 37.6 Å². The summed E-state index contributed by atoms with van der Waals surface area (Å²) in [6, 6.07) is 1.35. The van der Waals surface area contributed by atoms with Crippen LogP contribution in [0.4, 0.5) is 14.6 Å². The molecule has 0 saturated heterocycles. The van der Waals surface area contributed by atoms with E-state index in [0.29, 0.717) is 5.82 Å². The smallest absolute Gasteiger partial charge is 0.280 e. The van der Waals surface area contributed by atoms with Crippen LogP contribution in [-0.2, 0) is 0 Å². The fourth-order valence-electron chi connectivity index (χ4n) is 2.76. The third-order valence-electron chi connectivity index (χ3n) is 3.70. The molecule has 2 saturated carbocycles. The highest BCUT2D eigenvalue weighted by Gasteiger charge is 2.57. The Hall–Kier alpha value is -1.26. The maximum Gasteiger partial charge on any atom is 0.280 e. The lowest BCUT2D eigenvalue weighted by atomic mass is 10.2. The van der Waals surface area contributed by atoms with Crippen molar-refractivity contribution < 1.29 is 8.78 Å². The fraction of sp³-hybridized carbons (Fsp3) is 0.636. The molecule has 1 heterocycles. The highest BCUT2D eigenvalue weighted by molar-refractivity contribution is 5.43. The van der Waals surface area contributed by atoms with Crippen LogP contribution in [-0.4, -0.2) is 15.5 Å². The summed E-state index contributed by atoms with van der Waals surface area (Å²) in [4.78, 5) is 7.55. The minimum Gasteiger partial charge on any atom is -0.364 e. The van der Waals surface area contributed by atoms with Crippen LogP contribution in [0.25, 0.3) is 0 Å². The zero-order valence-electron chi connectivity index (χ0n) is 8.79. The van der Waals surface area contributed by atoms with Gasteiger partial charge in [-0.05, 0) is 25.2 Å². The molecule has 3 rings (SSSR count). The zero-order valence-corrected chi connectivity index (χ0v) is 8.79. The molecule has 16 heavy (non-hydrogen) atoms. The summed E-state index contributed by atoms with van der Waals surface area (Å²) in [5.74, 6) is 1.26. The molecule has 0 spiro atoms. The van der Waals surface area contributed by atoms with Gasteiger partial charge in [-0.25, -0.2) is 18.7 Å². The van der Waals surface area contributed by atoms with Crippen molar-refractivity contribution in [1.29, 1.82) is 0 Å². The number of halogens is 2. The summed E-state index contributed by atoms with van der Waals surface area (Å²) in [5.41, 5.74) is -0.0441. The quantitative estimate of drug-likeness (QED) is 0.859. The number of anilines is 1. The summed E-state index contributed by atoms with van der Waals surface area (Å²) in [6.07, 6.45) is 3.43. The van der Waals surface area contributed by atoms with Gasteiger partial charge in [-0.15, -0.1) is 0 Å². The maximum atomic E-state index is 12.4. The van der Waals surface area contributed by atoms with E-state index in [1.165, 1.54) is 25.2 Å². The van der Waals surface area contributed by atoms with Gasteiger partial charge >= 0.3 is 0 Å². The van der Waals surface area contributed by atoms with E-state index in [0.717, 1.165) is 18.8 Å². The van der Waals surface area contributed by atoms with Gasteiger partial charge in [-0.2, -0.15) is 0 Å². The molecule has 0 aromatic carbocycles. The predicted molar refractivity (Wildman–Crippen MR) is 55.3 cm³/mol. The topological polar surface area (TPSA) is 37.8 Å². The Labute approximate surface area is 92.3 Å². The standard InChI is InChI=1S/C11H13F2N3/c12-10(13)8-4-9(15-6-14-8)16-11-3-1-2-7(11)5-11/h4,6-7,10H,1-3,5H2,(H,14,15,16)/t7-,11-/m1/s1. The molecule has 0 radical (unpaired) electrons.